The molecule has 1 aromatic carbocycles. The number of carbonyl (C=O) groups excluding carboxylic acids is 2. The van der Waals surface area contributed by atoms with E-state index in [0.29, 0.717) is 63.4 Å². The van der Waals surface area contributed by atoms with Crippen molar-refractivity contribution in [3.63, 3.8) is 0 Å². The summed E-state index contributed by atoms with van der Waals surface area (Å²) in [5, 5.41) is 16.8. The van der Waals surface area contributed by atoms with Crippen LogP contribution in [-0.4, -0.2) is 98.5 Å². The van der Waals surface area contributed by atoms with Crippen LogP contribution in [0.25, 0.3) is 0 Å². The number of esters is 1. The van der Waals surface area contributed by atoms with Crippen LogP contribution in [0.5, 0.6) is 11.5 Å². The maximum Gasteiger partial charge on any atom is 0.312 e. The molecule has 0 bridgehead atoms. The molecule has 2 N–H and O–H groups in total. The quantitative estimate of drug-likeness (QED) is 0.357. The zero-order valence-electron chi connectivity index (χ0n) is 18.8. The van der Waals surface area contributed by atoms with Crippen LogP contribution in [0.3, 0.4) is 0 Å². The Morgan fingerprint density at radius 1 is 1.28 bits per heavy atom. The van der Waals surface area contributed by atoms with Gasteiger partial charge in [0.15, 0.2) is 0 Å². The van der Waals surface area contributed by atoms with Crippen LogP contribution in [0.1, 0.15) is 29.6 Å². The lowest BCUT2D eigenvalue weighted by atomic mass is 9.76. The van der Waals surface area contributed by atoms with Crippen LogP contribution >= 0.6 is 0 Å². The molecule has 0 aromatic heterocycles. The Morgan fingerprint density at radius 3 is 2.53 bits per heavy atom. The van der Waals surface area contributed by atoms with Crippen molar-refractivity contribution >= 4 is 18.3 Å². The molecule has 1 aromatic rings. The molecule has 2 fully saturated rings. The minimum atomic E-state index is -0.481. The number of amides is 1. The second kappa shape index (κ2) is 11.7. The number of hydrogen-bond donors (Lipinski definition) is 2. The molecule has 2 aliphatic rings. The van der Waals surface area contributed by atoms with Gasteiger partial charge in [-0.1, -0.05) is 0 Å². The summed E-state index contributed by atoms with van der Waals surface area (Å²) >= 11 is 0. The molecule has 0 saturated carbocycles. The number of ether oxygens (including phenoxy) is 3. The van der Waals surface area contributed by atoms with Crippen LogP contribution < -0.4 is 4.74 Å². The fourth-order valence-electron chi connectivity index (χ4n) is 4.11. The number of hydrogen-bond acceptors (Lipinski definition) is 8. The summed E-state index contributed by atoms with van der Waals surface area (Å²) in [6.45, 7) is 2.18. The van der Waals surface area contributed by atoms with Crippen LogP contribution in [0.2, 0.25) is 0 Å². The third-order valence-electron chi connectivity index (χ3n) is 5.60. The molecule has 32 heavy (non-hydrogen) atoms. The largest absolute Gasteiger partial charge is 0.508 e. The number of methoxy groups -OCH3 is 1. The average Bonchev–Trinajstić information content (AvgIpc) is 3.02. The second-order valence-corrected chi connectivity index (χ2v) is 8.23. The number of rotatable bonds is 7. The molecule has 2 aliphatic heterocycles. The molecular formula is C22H32N2O8. The van der Waals surface area contributed by atoms with E-state index >= 15 is 0 Å². The second-order valence-electron chi connectivity index (χ2n) is 8.23. The van der Waals surface area contributed by atoms with E-state index in [9.17, 15) is 14.7 Å². The molecule has 0 aliphatic carbocycles. The van der Waals surface area contributed by atoms with E-state index in [1.807, 2.05) is 19.0 Å². The maximum absolute atomic E-state index is 12.9. The van der Waals surface area contributed by atoms with Gasteiger partial charge >= 0.3 is 5.97 Å². The summed E-state index contributed by atoms with van der Waals surface area (Å²) < 4.78 is 16.0. The lowest BCUT2D eigenvalue weighted by molar-refractivity contribution is -0.150. The molecule has 2 heterocycles. The summed E-state index contributed by atoms with van der Waals surface area (Å²) in [6.07, 6.45) is 1.81. The molecule has 0 radical (unpaired) electrons. The van der Waals surface area contributed by atoms with E-state index in [2.05, 4.69) is 0 Å². The Hall–Kier alpha value is -2.85. The highest BCUT2D eigenvalue weighted by Gasteiger charge is 2.50. The number of carboxylic acid groups (broad SMARTS) is 1. The van der Waals surface area contributed by atoms with Crippen LogP contribution in [0.4, 0.5) is 0 Å². The molecule has 1 amide bonds. The van der Waals surface area contributed by atoms with E-state index < -0.39 is 5.41 Å². The van der Waals surface area contributed by atoms with E-state index in [1.54, 1.807) is 18.1 Å². The zero-order valence-corrected chi connectivity index (χ0v) is 18.8. The van der Waals surface area contributed by atoms with Crippen molar-refractivity contribution in [2.24, 2.45) is 5.41 Å². The first-order valence-electron chi connectivity index (χ1n) is 10.4. The number of piperidine rings is 1. The standard InChI is InChI=1S/C21H30N2O6.CH2O2/c1-22(2)14-18-13-21(20(26)29-18)4-6-23(7-5-21)19(25)15-10-16(24)12-17(11-15)28-9-8-27-3;2-1-3/h10-12,18,24H,4-9,13-14H2,1-3H3;1H,(H,2,3). The molecule has 10 heteroatoms. The summed E-state index contributed by atoms with van der Waals surface area (Å²) in [7, 11) is 5.50. The third-order valence-corrected chi connectivity index (χ3v) is 5.60. The summed E-state index contributed by atoms with van der Waals surface area (Å²) in [5.74, 6) is 0.0820. The minimum absolute atomic E-state index is 0.0253. The highest BCUT2D eigenvalue weighted by molar-refractivity contribution is 5.95. The molecule has 1 spiro atoms. The van der Waals surface area contributed by atoms with Gasteiger partial charge < -0.3 is 34.2 Å². The fourth-order valence-corrected chi connectivity index (χ4v) is 4.11. The van der Waals surface area contributed by atoms with Crippen LogP contribution in [0.15, 0.2) is 18.2 Å². The normalized spacial score (nSPS) is 19.3. The highest BCUT2D eigenvalue weighted by atomic mass is 16.6. The molecule has 10 nitrogen and oxygen atoms in total. The van der Waals surface area contributed by atoms with E-state index in [4.69, 9.17) is 24.1 Å². The molecule has 1 atom stereocenters. The van der Waals surface area contributed by atoms with E-state index in [0.717, 1.165) is 0 Å². The molecule has 178 valence electrons. The van der Waals surface area contributed by atoms with Gasteiger partial charge in [0.1, 0.15) is 24.2 Å². The fraction of sp³-hybridized carbons (Fsp3) is 0.591. The van der Waals surface area contributed by atoms with Crippen molar-refractivity contribution in [3.05, 3.63) is 23.8 Å². The van der Waals surface area contributed by atoms with Gasteiger partial charge in [-0.3, -0.25) is 14.4 Å². The Kier molecular flexibility index (Phi) is 9.27. The van der Waals surface area contributed by atoms with Gasteiger partial charge in [0.2, 0.25) is 0 Å². The lowest BCUT2D eigenvalue weighted by Gasteiger charge is -2.36. The number of aromatic hydroxyl groups is 1. The van der Waals surface area contributed by atoms with Gasteiger partial charge in [-0.25, -0.2) is 0 Å². The van der Waals surface area contributed by atoms with Gasteiger partial charge in [0.05, 0.1) is 12.0 Å². The Balaban J connectivity index is 0.00000114. The van der Waals surface area contributed by atoms with Crippen molar-refractivity contribution in [2.75, 3.05) is 54.1 Å². The van der Waals surface area contributed by atoms with Crippen molar-refractivity contribution in [2.45, 2.75) is 25.4 Å². The smallest absolute Gasteiger partial charge is 0.312 e. The average molecular weight is 453 g/mol. The first-order chi connectivity index (χ1) is 15.2. The van der Waals surface area contributed by atoms with Gasteiger partial charge in [0, 0.05) is 44.8 Å². The Bertz CT molecular complexity index is 790. The van der Waals surface area contributed by atoms with Crippen LogP contribution in [-0.2, 0) is 19.1 Å². The summed E-state index contributed by atoms with van der Waals surface area (Å²) in [5.41, 5.74) is -0.113. The number of carbonyl (C=O) groups is 3. The number of benzene rings is 1. The van der Waals surface area contributed by atoms with Crippen LogP contribution in [0, 0.1) is 5.41 Å². The third kappa shape index (κ3) is 6.57. The molecular weight excluding hydrogens is 420 g/mol. The topological polar surface area (TPSA) is 126 Å². The summed E-state index contributed by atoms with van der Waals surface area (Å²) in [6, 6.07) is 4.53. The van der Waals surface area contributed by atoms with Gasteiger partial charge in [-0.05, 0) is 39.1 Å². The van der Waals surface area contributed by atoms with Gasteiger partial charge in [-0.2, -0.15) is 0 Å². The predicted octanol–water partition coefficient (Wildman–Crippen LogP) is 1.22. The number of phenolic OH excluding ortho intramolecular Hbond substituents is 1. The van der Waals surface area contributed by atoms with E-state index in [-0.39, 0.29) is 30.2 Å². The number of nitrogens with zero attached hydrogens (tertiary/aromatic N) is 2. The van der Waals surface area contributed by atoms with Gasteiger partial charge in [0.25, 0.3) is 12.4 Å². The number of likely N-dealkylation sites (tertiary alicyclic amines) is 1. The maximum atomic E-state index is 12.9. The first-order valence-corrected chi connectivity index (χ1v) is 10.4. The lowest BCUT2D eigenvalue weighted by Crippen LogP contribution is -2.45. The number of likely N-dealkylation sites (N-methyl/N-ethyl adjacent to an activating group) is 1. The van der Waals surface area contributed by atoms with Crippen molar-refractivity contribution < 1.29 is 38.8 Å². The highest BCUT2D eigenvalue weighted by Crippen LogP contribution is 2.43. The SMILES string of the molecule is COCCOc1cc(O)cc(C(=O)N2CCC3(CC2)CC(CN(C)C)OC3=O)c1.O=CO. The first kappa shape index (κ1) is 25.4. The van der Waals surface area contributed by atoms with Crippen molar-refractivity contribution in [1.29, 1.82) is 0 Å². The minimum Gasteiger partial charge on any atom is -0.508 e. The Labute approximate surface area is 187 Å². The monoisotopic (exact) mass is 452 g/mol. The molecule has 2 saturated heterocycles. The predicted molar refractivity (Wildman–Crippen MR) is 115 cm³/mol. The Morgan fingerprint density at radius 2 is 1.94 bits per heavy atom. The number of phenols is 1. The number of cyclic esters (lactones) is 1. The van der Waals surface area contributed by atoms with E-state index in [1.165, 1.54) is 12.1 Å². The van der Waals surface area contributed by atoms with Crippen molar-refractivity contribution in [3.8, 4) is 11.5 Å². The summed E-state index contributed by atoms with van der Waals surface area (Å²) in [4.78, 5) is 37.5. The molecule has 3 rings (SSSR count). The molecule has 1 unspecified atom stereocenters. The zero-order chi connectivity index (χ0) is 23.7. The van der Waals surface area contributed by atoms with Crippen molar-refractivity contribution in [1.82, 2.24) is 9.80 Å². The van der Waals surface area contributed by atoms with Gasteiger partial charge in [-0.15, -0.1) is 0 Å².